The largest absolute Gasteiger partial charge is 0.421 e. The van der Waals surface area contributed by atoms with Crippen molar-refractivity contribution in [3.8, 4) is 0 Å². The van der Waals surface area contributed by atoms with Crippen molar-refractivity contribution in [1.82, 2.24) is 9.97 Å². The van der Waals surface area contributed by atoms with Crippen molar-refractivity contribution >= 4 is 23.1 Å². The molecule has 8 heteroatoms. The van der Waals surface area contributed by atoms with Crippen LogP contribution in [0.3, 0.4) is 0 Å². The van der Waals surface area contributed by atoms with Crippen LogP contribution in [0.5, 0.6) is 0 Å². The maximum Gasteiger partial charge on any atom is 0.421 e. The van der Waals surface area contributed by atoms with E-state index in [2.05, 4.69) is 20.6 Å². The fraction of sp³-hybridized carbons (Fsp3) is 0.158. The number of aryl methyl sites for hydroxylation is 1. The van der Waals surface area contributed by atoms with Crippen LogP contribution in [0.4, 0.5) is 40.7 Å². The van der Waals surface area contributed by atoms with Gasteiger partial charge in [0.2, 0.25) is 5.95 Å². The Labute approximate surface area is 153 Å². The van der Waals surface area contributed by atoms with Crippen LogP contribution in [-0.4, -0.2) is 9.97 Å². The minimum Gasteiger partial charge on any atom is -0.339 e. The van der Waals surface area contributed by atoms with Crippen molar-refractivity contribution in [2.24, 2.45) is 0 Å². The molecule has 2 aromatic carbocycles. The van der Waals surface area contributed by atoms with Gasteiger partial charge in [-0.15, -0.1) is 0 Å². The molecule has 1 aromatic heterocycles. The molecule has 0 radical (unpaired) electrons. The average molecular weight is 376 g/mol. The van der Waals surface area contributed by atoms with Crippen molar-refractivity contribution in [3.05, 3.63) is 71.7 Å². The number of rotatable bonds is 5. The number of benzene rings is 2. The standard InChI is InChI=1S/C19H16F4N4/c1-2-12-6-8-14(9-7-12)26-18-24-11-16(19(21,22)23)17(27-18)25-15-5-3-4-13(20)10-15/h3-11H,2H2,1H3,(H2,24,25,26,27). The van der Waals surface area contributed by atoms with E-state index in [0.717, 1.165) is 18.1 Å². The summed E-state index contributed by atoms with van der Waals surface area (Å²) < 4.78 is 53.1. The second-order valence-corrected chi connectivity index (χ2v) is 5.76. The molecule has 27 heavy (non-hydrogen) atoms. The van der Waals surface area contributed by atoms with E-state index in [1.807, 2.05) is 19.1 Å². The monoisotopic (exact) mass is 376 g/mol. The topological polar surface area (TPSA) is 49.8 Å². The molecule has 4 nitrogen and oxygen atoms in total. The van der Waals surface area contributed by atoms with Gasteiger partial charge in [0.05, 0.1) is 0 Å². The first-order valence-corrected chi connectivity index (χ1v) is 8.18. The molecule has 2 N–H and O–H groups in total. The summed E-state index contributed by atoms with van der Waals surface area (Å²) in [7, 11) is 0. The number of nitrogens with one attached hydrogen (secondary N) is 2. The third kappa shape index (κ3) is 4.72. The van der Waals surface area contributed by atoms with E-state index in [1.54, 1.807) is 12.1 Å². The molecule has 0 spiro atoms. The third-order valence-electron chi connectivity index (χ3n) is 3.80. The third-order valence-corrected chi connectivity index (χ3v) is 3.80. The first-order chi connectivity index (χ1) is 12.8. The van der Waals surface area contributed by atoms with Gasteiger partial charge in [-0.25, -0.2) is 9.37 Å². The quantitative estimate of drug-likeness (QED) is 0.562. The number of anilines is 4. The first kappa shape index (κ1) is 18.6. The molecule has 0 unspecified atom stereocenters. The second kappa shape index (κ2) is 7.61. The van der Waals surface area contributed by atoms with Gasteiger partial charge in [-0.05, 0) is 42.3 Å². The Balaban J connectivity index is 1.92. The molecule has 140 valence electrons. The van der Waals surface area contributed by atoms with Gasteiger partial charge < -0.3 is 10.6 Å². The molecular weight excluding hydrogens is 360 g/mol. The van der Waals surface area contributed by atoms with Gasteiger partial charge in [0.1, 0.15) is 17.2 Å². The molecule has 0 aliphatic heterocycles. The molecule has 0 atom stereocenters. The van der Waals surface area contributed by atoms with Crippen molar-refractivity contribution < 1.29 is 17.6 Å². The normalized spacial score (nSPS) is 11.3. The summed E-state index contributed by atoms with van der Waals surface area (Å²) in [4.78, 5) is 7.67. The van der Waals surface area contributed by atoms with Crippen molar-refractivity contribution in [2.75, 3.05) is 10.6 Å². The molecule has 0 saturated carbocycles. The summed E-state index contributed by atoms with van der Waals surface area (Å²) in [5.74, 6) is -1.04. The number of hydrogen-bond acceptors (Lipinski definition) is 4. The van der Waals surface area contributed by atoms with Crippen LogP contribution in [0.25, 0.3) is 0 Å². The molecule has 0 fully saturated rings. The van der Waals surface area contributed by atoms with Gasteiger partial charge in [-0.1, -0.05) is 25.1 Å². The van der Waals surface area contributed by atoms with Gasteiger partial charge in [0, 0.05) is 17.6 Å². The zero-order valence-corrected chi connectivity index (χ0v) is 14.3. The van der Waals surface area contributed by atoms with Crippen LogP contribution in [0.15, 0.2) is 54.7 Å². The predicted molar refractivity (Wildman–Crippen MR) is 95.8 cm³/mol. The highest BCUT2D eigenvalue weighted by atomic mass is 19.4. The van der Waals surface area contributed by atoms with Gasteiger partial charge in [-0.3, -0.25) is 0 Å². The summed E-state index contributed by atoms with van der Waals surface area (Å²) in [6.45, 7) is 2.02. The zero-order chi connectivity index (χ0) is 19.4. The fourth-order valence-corrected chi connectivity index (χ4v) is 2.40. The number of aromatic nitrogens is 2. The number of hydrogen-bond donors (Lipinski definition) is 2. The molecular formula is C19H16F4N4. The highest BCUT2D eigenvalue weighted by Crippen LogP contribution is 2.35. The lowest BCUT2D eigenvalue weighted by atomic mass is 10.1. The van der Waals surface area contributed by atoms with E-state index in [9.17, 15) is 17.6 Å². The first-order valence-electron chi connectivity index (χ1n) is 8.18. The Hall–Kier alpha value is -3.16. The van der Waals surface area contributed by atoms with Crippen LogP contribution in [0.1, 0.15) is 18.1 Å². The molecule has 0 amide bonds. The van der Waals surface area contributed by atoms with Gasteiger partial charge in [0.25, 0.3) is 0 Å². The Kier molecular flexibility index (Phi) is 5.25. The molecule has 3 aromatic rings. The minimum atomic E-state index is -4.66. The Morgan fingerprint density at radius 3 is 2.33 bits per heavy atom. The highest BCUT2D eigenvalue weighted by Gasteiger charge is 2.35. The molecule has 1 heterocycles. The molecule has 0 aliphatic rings. The van der Waals surface area contributed by atoms with Crippen LogP contribution < -0.4 is 10.6 Å². The second-order valence-electron chi connectivity index (χ2n) is 5.76. The van der Waals surface area contributed by atoms with Crippen LogP contribution >= 0.6 is 0 Å². The Bertz CT molecular complexity index is 924. The summed E-state index contributed by atoms with van der Waals surface area (Å²) >= 11 is 0. The number of nitrogens with zero attached hydrogens (tertiary/aromatic N) is 2. The molecule has 3 rings (SSSR count). The maximum absolute atomic E-state index is 13.3. The Morgan fingerprint density at radius 1 is 0.963 bits per heavy atom. The van der Waals surface area contributed by atoms with E-state index in [1.165, 1.54) is 18.2 Å². The van der Waals surface area contributed by atoms with Crippen molar-refractivity contribution in [3.63, 3.8) is 0 Å². The number of halogens is 4. The SMILES string of the molecule is CCc1ccc(Nc2ncc(C(F)(F)F)c(Nc3cccc(F)c3)n2)cc1. The molecule has 0 saturated heterocycles. The van der Waals surface area contributed by atoms with E-state index in [-0.39, 0.29) is 11.6 Å². The number of alkyl halides is 3. The lowest BCUT2D eigenvalue weighted by Crippen LogP contribution is -2.12. The maximum atomic E-state index is 13.3. The zero-order valence-electron chi connectivity index (χ0n) is 14.3. The average Bonchev–Trinajstić information content (AvgIpc) is 2.61. The van der Waals surface area contributed by atoms with E-state index in [4.69, 9.17) is 0 Å². The van der Waals surface area contributed by atoms with Gasteiger partial charge >= 0.3 is 6.18 Å². The van der Waals surface area contributed by atoms with Gasteiger partial charge in [0.15, 0.2) is 0 Å². The molecule has 0 bridgehead atoms. The van der Waals surface area contributed by atoms with E-state index >= 15 is 0 Å². The van der Waals surface area contributed by atoms with Gasteiger partial charge in [-0.2, -0.15) is 18.2 Å². The van der Waals surface area contributed by atoms with Crippen LogP contribution in [0, 0.1) is 5.82 Å². The van der Waals surface area contributed by atoms with Crippen molar-refractivity contribution in [2.45, 2.75) is 19.5 Å². The fourth-order valence-electron chi connectivity index (χ4n) is 2.40. The smallest absolute Gasteiger partial charge is 0.339 e. The van der Waals surface area contributed by atoms with Crippen LogP contribution in [-0.2, 0) is 12.6 Å². The summed E-state index contributed by atoms with van der Waals surface area (Å²) in [6, 6.07) is 12.5. The highest BCUT2D eigenvalue weighted by molar-refractivity contribution is 5.63. The molecule has 0 aliphatic carbocycles. The van der Waals surface area contributed by atoms with Crippen molar-refractivity contribution in [1.29, 1.82) is 0 Å². The predicted octanol–water partition coefficient (Wildman–Crippen LogP) is 5.68. The summed E-state index contributed by atoms with van der Waals surface area (Å²) in [6.07, 6.45) is -3.09. The van der Waals surface area contributed by atoms with E-state index < -0.39 is 23.4 Å². The van der Waals surface area contributed by atoms with Crippen LogP contribution in [0.2, 0.25) is 0 Å². The Morgan fingerprint density at radius 2 is 1.70 bits per heavy atom. The lowest BCUT2D eigenvalue weighted by Gasteiger charge is -2.15. The van der Waals surface area contributed by atoms with E-state index in [0.29, 0.717) is 11.9 Å². The minimum absolute atomic E-state index is 0.00819. The lowest BCUT2D eigenvalue weighted by molar-refractivity contribution is -0.137. The summed E-state index contributed by atoms with van der Waals surface area (Å²) in [5, 5.41) is 5.38. The summed E-state index contributed by atoms with van der Waals surface area (Å²) in [5.41, 5.74) is 0.877.